The molecular formula is C15H20N2O3. The monoisotopic (exact) mass is 276 g/mol. The minimum absolute atomic E-state index is 0.331. The Bertz CT molecular complexity index is 514. The van der Waals surface area contributed by atoms with Crippen molar-refractivity contribution in [2.45, 2.75) is 32.7 Å². The molecule has 0 radical (unpaired) electrons. The summed E-state index contributed by atoms with van der Waals surface area (Å²) in [5.41, 5.74) is 1.60. The van der Waals surface area contributed by atoms with Crippen LogP contribution in [-0.4, -0.2) is 29.7 Å². The van der Waals surface area contributed by atoms with Crippen LogP contribution in [0.5, 0.6) is 0 Å². The number of carboxylic acid groups (broad SMARTS) is 1. The number of fused-ring (bicyclic) bond motifs is 1. The van der Waals surface area contributed by atoms with E-state index in [1.165, 1.54) is 4.90 Å². The minimum atomic E-state index is -0.972. The van der Waals surface area contributed by atoms with Crippen molar-refractivity contribution in [3.63, 3.8) is 0 Å². The van der Waals surface area contributed by atoms with E-state index in [1.54, 1.807) is 6.07 Å². The van der Waals surface area contributed by atoms with Gasteiger partial charge in [0.1, 0.15) is 6.04 Å². The smallest absolute Gasteiger partial charge is 0.327 e. The molecule has 1 aliphatic heterocycles. The normalized spacial score (nSPS) is 17.1. The summed E-state index contributed by atoms with van der Waals surface area (Å²) in [6.07, 6.45) is 1.24. The molecule has 2 N–H and O–H groups in total. The quantitative estimate of drug-likeness (QED) is 0.886. The summed E-state index contributed by atoms with van der Waals surface area (Å²) in [6.45, 7) is 4.72. The molecule has 5 heteroatoms. The lowest BCUT2D eigenvalue weighted by molar-refractivity contribution is -0.138. The van der Waals surface area contributed by atoms with Crippen molar-refractivity contribution < 1.29 is 14.7 Å². The molecule has 1 aromatic rings. The predicted octanol–water partition coefficient (Wildman–Crippen LogP) is 2.26. The van der Waals surface area contributed by atoms with E-state index in [9.17, 15) is 14.7 Å². The highest BCUT2D eigenvalue weighted by Gasteiger charge is 2.38. The van der Waals surface area contributed by atoms with Crippen molar-refractivity contribution in [1.82, 2.24) is 5.32 Å². The highest BCUT2D eigenvalue weighted by molar-refractivity contribution is 6.01. The second-order valence-corrected chi connectivity index (χ2v) is 5.47. The van der Waals surface area contributed by atoms with Gasteiger partial charge in [0.25, 0.3) is 0 Å². The molecule has 0 unspecified atom stereocenters. The summed E-state index contributed by atoms with van der Waals surface area (Å²) in [5, 5.41) is 12.1. The van der Waals surface area contributed by atoms with E-state index in [1.807, 2.05) is 18.2 Å². The van der Waals surface area contributed by atoms with Crippen LogP contribution in [0.25, 0.3) is 0 Å². The molecule has 1 aromatic carbocycles. The van der Waals surface area contributed by atoms with Gasteiger partial charge in [0.15, 0.2) is 0 Å². The Labute approximate surface area is 118 Å². The summed E-state index contributed by atoms with van der Waals surface area (Å²) in [6, 6.07) is 6.19. The van der Waals surface area contributed by atoms with Gasteiger partial charge >= 0.3 is 12.0 Å². The molecule has 1 heterocycles. The molecule has 0 spiro atoms. The van der Waals surface area contributed by atoms with Crippen molar-refractivity contribution in [2.75, 3.05) is 11.4 Å². The summed E-state index contributed by atoms with van der Waals surface area (Å²) >= 11 is 0. The molecule has 1 aliphatic rings. The maximum absolute atomic E-state index is 12.3. The Morgan fingerprint density at radius 3 is 2.75 bits per heavy atom. The number of aliphatic carboxylic acids is 1. The summed E-state index contributed by atoms with van der Waals surface area (Å²) in [4.78, 5) is 25.0. The zero-order valence-electron chi connectivity index (χ0n) is 11.8. The molecule has 20 heavy (non-hydrogen) atoms. The lowest BCUT2D eigenvalue weighted by Gasteiger charge is -2.23. The number of hydrogen-bond acceptors (Lipinski definition) is 2. The average molecular weight is 276 g/mol. The zero-order chi connectivity index (χ0) is 14.7. The van der Waals surface area contributed by atoms with Crippen molar-refractivity contribution in [2.24, 2.45) is 5.92 Å². The van der Waals surface area contributed by atoms with Crippen LogP contribution in [0.15, 0.2) is 24.3 Å². The van der Waals surface area contributed by atoms with E-state index in [4.69, 9.17) is 0 Å². The number of anilines is 1. The van der Waals surface area contributed by atoms with Gasteiger partial charge in [-0.25, -0.2) is 9.59 Å². The number of nitrogens with zero attached hydrogens (tertiary/aromatic N) is 1. The molecule has 5 nitrogen and oxygen atoms in total. The van der Waals surface area contributed by atoms with Gasteiger partial charge in [0, 0.05) is 18.7 Å². The van der Waals surface area contributed by atoms with E-state index in [0.717, 1.165) is 12.0 Å². The van der Waals surface area contributed by atoms with Gasteiger partial charge in [-0.1, -0.05) is 32.0 Å². The Balaban J connectivity index is 2.14. The molecule has 2 amide bonds. The van der Waals surface area contributed by atoms with Gasteiger partial charge in [-0.3, -0.25) is 4.90 Å². The van der Waals surface area contributed by atoms with Crippen LogP contribution in [0, 0.1) is 5.92 Å². The number of rotatable bonds is 4. The molecule has 2 rings (SSSR count). The van der Waals surface area contributed by atoms with E-state index in [0.29, 0.717) is 24.6 Å². The number of carbonyl (C=O) groups is 2. The van der Waals surface area contributed by atoms with Crippen LogP contribution in [0.1, 0.15) is 25.8 Å². The zero-order valence-corrected chi connectivity index (χ0v) is 11.8. The Kier molecular flexibility index (Phi) is 4.27. The predicted molar refractivity (Wildman–Crippen MR) is 76.9 cm³/mol. The van der Waals surface area contributed by atoms with E-state index in [-0.39, 0.29) is 6.03 Å². The maximum Gasteiger partial charge on any atom is 0.327 e. The molecule has 1 atom stereocenters. The van der Waals surface area contributed by atoms with E-state index >= 15 is 0 Å². The van der Waals surface area contributed by atoms with Gasteiger partial charge in [0.05, 0.1) is 0 Å². The van der Waals surface area contributed by atoms with Crippen molar-refractivity contribution >= 4 is 17.7 Å². The fraction of sp³-hybridized carbons (Fsp3) is 0.467. The minimum Gasteiger partial charge on any atom is -0.480 e. The molecule has 0 aromatic heterocycles. The van der Waals surface area contributed by atoms with Gasteiger partial charge in [-0.15, -0.1) is 0 Å². The highest BCUT2D eigenvalue weighted by Crippen LogP contribution is 2.32. The van der Waals surface area contributed by atoms with Gasteiger partial charge in [0.2, 0.25) is 0 Å². The molecule has 0 saturated heterocycles. The number of benzene rings is 1. The highest BCUT2D eigenvalue weighted by atomic mass is 16.4. The first kappa shape index (κ1) is 14.4. The van der Waals surface area contributed by atoms with Crippen molar-refractivity contribution in [1.29, 1.82) is 0 Å². The lowest BCUT2D eigenvalue weighted by Crippen LogP contribution is -2.48. The fourth-order valence-corrected chi connectivity index (χ4v) is 2.39. The topological polar surface area (TPSA) is 69.6 Å². The van der Waals surface area contributed by atoms with E-state index in [2.05, 4.69) is 19.2 Å². The van der Waals surface area contributed by atoms with Crippen LogP contribution in [0.4, 0.5) is 10.5 Å². The summed E-state index contributed by atoms with van der Waals surface area (Å²) in [7, 11) is 0. The Morgan fingerprint density at radius 1 is 1.40 bits per heavy atom. The number of carbonyl (C=O) groups excluding carboxylic acids is 1. The Morgan fingerprint density at radius 2 is 2.10 bits per heavy atom. The second-order valence-electron chi connectivity index (χ2n) is 5.47. The third kappa shape index (κ3) is 2.92. The second kappa shape index (κ2) is 5.94. The van der Waals surface area contributed by atoms with Crippen LogP contribution in [0.3, 0.4) is 0 Å². The standard InChI is InChI=1S/C15H20N2O3/c1-10(2)7-8-16-15(20)17-12-6-4-3-5-11(12)9-13(17)14(18)19/h3-6,10,13H,7-9H2,1-2H3,(H,16,20)(H,18,19)/t13-/m0/s1. The lowest BCUT2D eigenvalue weighted by atomic mass is 10.1. The number of hydrogen-bond donors (Lipinski definition) is 2. The summed E-state index contributed by atoms with van der Waals surface area (Å²) < 4.78 is 0. The maximum atomic E-state index is 12.3. The SMILES string of the molecule is CC(C)CCNC(=O)N1c2ccccc2C[C@H]1C(=O)O. The average Bonchev–Trinajstić information content (AvgIpc) is 2.77. The number of nitrogens with one attached hydrogen (secondary N) is 1. The van der Waals surface area contributed by atoms with E-state index < -0.39 is 12.0 Å². The first-order valence-corrected chi connectivity index (χ1v) is 6.88. The molecular weight excluding hydrogens is 256 g/mol. The molecule has 0 saturated carbocycles. The molecule has 0 fully saturated rings. The molecule has 108 valence electrons. The Hall–Kier alpha value is -2.04. The van der Waals surface area contributed by atoms with Crippen LogP contribution < -0.4 is 10.2 Å². The fourth-order valence-electron chi connectivity index (χ4n) is 2.39. The van der Waals surface area contributed by atoms with Crippen LogP contribution in [0.2, 0.25) is 0 Å². The number of carboxylic acids is 1. The van der Waals surface area contributed by atoms with Crippen molar-refractivity contribution in [3.8, 4) is 0 Å². The molecule has 0 aliphatic carbocycles. The van der Waals surface area contributed by atoms with Crippen molar-refractivity contribution in [3.05, 3.63) is 29.8 Å². The number of para-hydroxylation sites is 1. The largest absolute Gasteiger partial charge is 0.480 e. The third-order valence-electron chi connectivity index (χ3n) is 3.48. The third-order valence-corrected chi connectivity index (χ3v) is 3.48. The van der Waals surface area contributed by atoms with Gasteiger partial charge < -0.3 is 10.4 Å². The van der Waals surface area contributed by atoms with Gasteiger partial charge in [-0.2, -0.15) is 0 Å². The number of urea groups is 1. The van der Waals surface area contributed by atoms with Crippen LogP contribution in [-0.2, 0) is 11.2 Å². The van der Waals surface area contributed by atoms with Gasteiger partial charge in [-0.05, 0) is 24.0 Å². The summed E-state index contributed by atoms with van der Waals surface area (Å²) in [5.74, 6) is -0.475. The van der Waals surface area contributed by atoms with Crippen LogP contribution >= 0.6 is 0 Å². The first-order chi connectivity index (χ1) is 9.50. The molecule has 0 bridgehead atoms. The first-order valence-electron chi connectivity index (χ1n) is 6.88. The number of amides is 2.